The van der Waals surface area contributed by atoms with Gasteiger partial charge in [-0.1, -0.05) is 19.4 Å². The van der Waals surface area contributed by atoms with Gasteiger partial charge in [-0.2, -0.15) is 5.10 Å². The van der Waals surface area contributed by atoms with Gasteiger partial charge in [-0.15, -0.1) is 0 Å². The molecule has 146 valence electrons. The minimum absolute atomic E-state index is 0.175. The number of fused-ring (bicyclic) bond motifs is 1. The normalized spacial score (nSPS) is 14.3. The maximum Gasteiger partial charge on any atom is 0.272 e. The van der Waals surface area contributed by atoms with Gasteiger partial charge in [0, 0.05) is 30.8 Å². The number of ether oxygens (including phenoxy) is 2. The third-order valence-electron chi connectivity index (χ3n) is 4.81. The second kappa shape index (κ2) is 8.90. The lowest BCUT2D eigenvalue weighted by Gasteiger charge is -2.18. The SMILES string of the molecule is CCCCOc1ccc(C(C)NC(=O)c2n[nH]c3c2CNCC3)cc1OC. The van der Waals surface area contributed by atoms with E-state index in [0.717, 1.165) is 48.4 Å². The summed E-state index contributed by atoms with van der Waals surface area (Å²) >= 11 is 0. The number of amides is 1. The van der Waals surface area contributed by atoms with E-state index in [1.807, 2.05) is 25.1 Å². The van der Waals surface area contributed by atoms with Crippen molar-refractivity contribution in [2.45, 2.75) is 45.7 Å². The minimum Gasteiger partial charge on any atom is -0.493 e. The van der Waals surface area contributed by atoms with Gasteiger partial charge in [0.1, 0.15) is 0 Å². The number of rotatable bonds is 8. The third-order valence-corrected chi connectivity index (χ3v) is 4.81. The molecule has 1 aliphatic rings. The van der Waals surface area contributed by atoms with Crippen LogP contribution in [0.2, 0.25) is 0 Å². The molecule has 3 N–H and O–H groups in total. The predicted octanol–water partition coefficient (Wildman–Crippen LogP) is 2.73. The van der Waals surface area contributed by atoms with E-state index in [-0.39, 0.29) is 11.9 Å². The summed E-state index contributed by atoms with van der Waals surface area (Å²) in [5.41, 5.74) is 3.42. The van der Waals surface area contributed by atoms with Crippen LogP contribution in [0, 0.1) is 0 Å². The van der Waals surface area contributed by atoms with E-state index in [2.05, 4.69) is 27.8 Å². The van der Waals surface area contributed by atoms with E-state index < -0.39 is 0 Å². The quantitative estimate of drug-likeness (QED) is 0.620. The number of aromatic nitrogens is 2. The van der Waals surface area contributed by atoms with Crippen LogP contribution in [0.5, 0.6) is 11.5 Å². The molecule has 1 aromatic carbocycles. The summed E-state index contributed by atoms with van der Waals surface area (Å²) in [6.45, 7) is 6.30. The van der Waals surface area contributed by atoms with Crippen LogP contribution in [0.3, 0.4) is 0 Å². The Morgan fingerprint density at radius 2 is 2.22 bits per heavy atom. The molecule has 2 aromatic rings. The summed E-state index contributed by atoms with van der Waals surface area (Å²) in [5, 5.41) is 13.5. The van der Waals surface area contributed by atoms with Crippen molar-refractivity contribution in [3.8, 4) is 11.5 Å². The molecule has 3 rings (SSSR count). The van der Waals surface area contributed by atoms with E-state index in [1.165, 1.54) is 0 Å². The summed E-state index contributed by atoms with van der Waals surface area (Å²) in [6, 6.07) is 5.58. The van der Waals surface area contributed by atoms with Crippen molar-refractivity contribution in [1.82, 2.24) is 20.8 Å². The van der Waals surface area contributed by atoms with Crippen LogP contribution in [-0.2, 0) is 13.0 Å². The zero-order valence-corrected chi connectivity index (χ0v) is 16.2. The lowest BCUT2D eigenvalue weighted by atomic mass is 10.1. The Bertz CT molecular complexity index is 788. The molecule has 0 saturated carbocycles. The summed E-state index contributed by atoms with van der Waals surface area (Å²) in [4.78, 5) is 12.7. The van der Waals surface area contributed by atoms with Crippen LogP contribution in [0.4, 0.5) is 0 Å². The van der Waals surface area contributed by atoms with Crippen molar-refractivity contribution in [3.05, 3.63) is 40.7 Å². The average molecular weight is 372 g/mol. The molecule has 0 fully saturated rings. The molecule has 27 heavy (non-hydrogen) atoms. The van der Waals surface area contributed by atoms with Crippen LogP contribution in [0.25, 0.3) is 0 Å². The summed E-state index contributed by atoms with van der Waals surface area (Å²) < 4.78 is 11.2. The highest BCUT2D eigenvalue weighted by atomic mass is 16.5. The van der Waals surface area contributed by atoms with Crippen LogP contribution in [-0.4, -0.2) is 36.4 Å². The summed E-state index contributed by atoms with van der Waals surface area (Å²) in [6.07, 6.45) is 2.94. The molecule has 0 bridgehead atoms. The first kappa shape index (κ1) is 19.2. The highest BCUT2D eigenvalue weighted by Crippen LogP contribution is 2.30. The standard InChI is InChI=1S/C20H28N4O3/c1-4-5-10-27-17-7-6-14(11-18(17)26-3)13(2)22-20(25)19-15-12-21-9-8-16(15)23-24-19/h6-7,11,13,21H,4-5,8-10,12H2,1-3H3,(H,22,25)(H,23,24). The molecule has 0 spiro atoms. The monoisotopic (exact) mass is 372 g/mol. The number of carbonyl (C=O) groups excluding carboxylic acids is 1. The van der Waals surface area contributed by atoms with Gasteiger partial charge in [0.25, 0.3) is 5.91 Å². The molecule has 1 unspecified atom stereocenters. The average Bonchev–Trinajstić information content (AvgIpc) is 3.12. The number of aromatic amines is 1. The van der Waals surface area contributed by atoms with Gasteiger partial charge in [0.05, 0.1) is 19.8 Å². The van der Waals surface area contributed by atoms with Gasteiger partial charge in [-0.3, -0.25) is 9.89 Å². The van der Waals surface area contributed by atoms with Gasteiger partial charge in [0.15, 0.2) is 17.2 Å². The van der Waals surface area contributed by atoms with Crippen LogP contribution < -0.4 is 20.1 Å². The largest absolute Gasteiger partial charge is 0.493 e. The Morgan fingerprint density at radius 3 is 3.00 bits per heavy atom. The Labute approximate surface area is 159 Å². The van der Waals surface area contributed by atoms with E-state index in [0.29, 0.717) is 24.6 Å². The smallest absolute Gasteiger partial charge is 0.272 e. The second-order valence-corrected chi connectivity index (χ2v) is 6.76. The summed E-state index contributed by atoms with van der Waals surface area (Å²) in [5.74, 6) is 1.22. The number of nitrogens with zero attached hydrogens (tertiary/aromatic N) is 1. The number of methoxy groups -OCH3 is 1. The fraction of sp³-hybridized carbons (Fsp3) is 0.500. The van der Waals surface area contributed by atoms with E-state index in [4.69, 9.17) is 9.47 Å². The zero-order chi connectivity index (χ0) is 19.2. The van der Waals surface area contributed by atoms with Gasteiger partial charge in [0.2, 0.25) is 0 Å². The van der Waals surface area contributed by atoms with Crippen molar-refractivity contribution in [2.75, 3.05) is 20.3 Å². The van der Waals surface area contributed by atoms with Crippen molar-refractivity contribution in [1.29, 1.82) is 0 Å². The van der Waals surface area contributed by atoms with Crippen LogP contribution >= 0.6 is 0 Å². The lowest BCUT2D eigenvalue weighted by Crippen LogP contribution is -2.30. The predicted molar refractivity (Wildman–Crippen MR) is 103 cm³/mol. The van der Waals surface area contributed by atoms with E-state index >= 15 is 0 Å². The molecule has 0 aliphatic carbocycles. The first-order chi connectivity index (χ1) is 13.1. The first-order valence-electron chi connectivity index (χ1n) is 9.52. The minimum atomic E-state index is -0.181. The number of hydrogen-bond acceptors (Lipinski definition) is 5. The fourth-order valence-corrected chi connectivity index (χ4v) is 3.16. The molecule has 0 saturated heterocycles. The zero-order valence-electron chi connectivity index (χ0n) is 16.2. The van der Waals surface area contributed by atoms with Gasteiger partial charge >= 0.3 is 0 Å². The van der Waals surface area contributed by atoms with Gasteiger partial charge in [-0.05, 0) is 31.0 Å². The Morgan fingerprint density at radius 1 is 1.37 bits per heavy atom. The highest BCUT2D eigenvalue weighted by Gasteiger charge is 2.23. The Balaban J connectivity index is 1.69. The van der Waals surface area contributed by atoms with Gasteiger partial charge in [-0.25, -0.2) is 0 Å². The Hall–Kier alpha value is -2.54. The van der Waals surface area contributed by atoms with E-state index in [1.54, 1.807) is 7.11 Å². The second-order valence-electron chi connectivity index (χ2n) is 6.76. The molecule has 1 aromatic heterocycles. The molecular weight excluding hydrogens is 344 g/mol. The number of unbranched alkanes of at least 4 members (excludes halogenated alkanes) is 1. The molecule has 0 radical (unpaired) electrons. The maximum atomic E-state index is 12.7. The lowest BCUT2D eigenvalue weighted by molar-refractivity contribution is 0.0933. The van der Waals surface area contributed by atoms with Crippen molar-refractivity contribution in [3.63, 3.8) is 0 Å². The molecule has 1 atom stereocenters. The Kier molecular flexibility index (Phi) is 6.34. The topological polar surface area (TPSA) is 88.3 Å². The third kappa shape index (κ3) is 4.42. The number of hydrogen-bond donors (Lipinski definition) is 3. The van der Waals surface area contributed by atoms with Crippen molar-refractivity contribution < 1.29 is 14.3 Å². The molecule has 7 nitrogen and oxygen atoms in total. The molecule has 2 heterocycles. The first-order valence-corrected chi connectivity index (χ1v) is 9.52. The molecule has 7 heteroatoms. The number of benzene rings is 1. The number of nitrogens with one attached hydrogen (secondary N) is 3. The molecular formula is C20H28N4O3. The van der Waals surface area contributed by atoms with Crippen LogP contribution in [0.15, 0.2) is 18.2 Å². The van der Waals surface area contributed by atoms with E-state index in [9.17, 15) is 4.79 Å². The summed E-state index contributed by atoms with van der Waals surface area (Å²) in [7, 11) is 1.62. The number of H-pyrrole nitrogens is 1. The molecule has 1 aliphatic heterocycles. The van der Waals surface area contributed by atoms with Crippen molar-refractivity contribution >= 4 is 5.91 Å². The van der Waals surface area contributed by atoms with Crippen LogP contribution in [0.1, 0.15) is 60.0 Å². The highest BCUT2D eigenvalue weighted by molar-refractivity contribution is 5.94. The molecule has 1 amide bonds. The van der Waals surface area contributed by atoms with Gasteiger partial charge < -0.3 is 20.1 Å². The maximum absolute atomic E-state index is 12.7. The fourth-order valence-electron chi connectivity index (χ4n) is 3.16. The van der Waals surface area contributed by atoms with Crippen molar-refractivity contribution in [2.24, 2.45) is 0 Å². The number of carbonyl (C=O) groups is 1.